The fourth-order valence-electron chi connectivity index (χ4n) is 1.39. The Morgan fingerprint density at radius 2 is 2.07 bits per heavy atom. The lowest BCUT2D eigenvalue weighted by Gasteiger charge is -2.04. The first kappa shape index (κ1) is 9.32. The fraction of sp³-hybridized carbons (Fsp3) is 0.111. The van der Waals surface area contributed by atoms with E-state index < -0.39 is 11.4 Å². The van der Waals surface area contributed by atoms with Crippen molar-refractivity contribution in [3.63, 3.8) is 0 Å². The first-order valence-electron chi connectivity index (χ1n) is 4.14. The van der Waals surface area contributed by atoms with Crippen LogP contribution in [0.1, 0.15) is 10.4 Å². The molecule has 15 heavy (non-hydrogen) atoms. The third kappa shape index (κ3) is 1.35. The summed E-state index contributed by atoms with van der Waals surface area (Å²) < 4.78 is 1.54. The molecule has 0 aromatic carbocycles. The molecule has 0 unspecified atom stereocenters. The number of aromatic carboxylic acids is 1. The number of pyridine rings is 1. The first-order valence-corrected chi connectivity index (χ1v) is 4.14. The lowest BCUT2D eigenvalue weighted by molar-refractivity contribution is 0.0695. The maximum atomic E-state index is 11.7. The Bertz CT molecular complexity index is 603. The molecule has 2 aromatic rings. The van der Waals surface area contributed by atoms with Crippen molar-refractivity contribution >= 4 is 16.9 Å². The van der Waals surface area contributed by atoms with Crippen LogP contribution in [0.25, 0.3) is 10.9 Å². The minimum atomic E-state index is -1.24. The first-order chi connectivity index (χ1) is 7.11. The number of aromatic nitrogens is 3. The Hall–Kier alpha value is -2.24. The van der Waals surface area contributed by atoms with Gasteiger partial charge in [0.1, 0.15) is 5.56 Å². The van der Waals surface area contributed by atoms with Gasteiger partial charge in [0.15, 0.2) is 0 Å². The molecule has 0 saturated heterocycles. The van der Waals surface area contributed by atoms with E-state index in [9.17, 15) is 9.59 Å². The SMILES string of the molecule is Cn1cc(C(=O)O)c(=O)c2cnncc21. The quantitative estimate of drug-likeness (QED) is 0.709. The molecule has 76 valence electrons. The summed E-state index contributed by atoms with van der Waals surface area (Å²) in [6.07, 6.45) is 3.96. The largest absolute Gasteiger partial charge is 0.477 e. The Labute approximate surface area is 83.8 Å². The lowest BCUT2D eigenvalue weighted by atomic mass is 10.2. The molecule has 2 aromatic heterocycles. The average Bonchev–Trinajstić information content (AvgIpc) is 2.23. The third-order valence-corrected chi connectivity index (χ3v) is 2.13. The molecule has 2 heterocycles. The van der Waals surface area contributed by atoms with Crippen molar-refractivity contribution in [2.24, 2.45) is 7.05 Å². The normalized spacial score (nSPS) is 10.5. The molecule has 0 radical (unpaired) electrons. The molecule has 0 saturated carbocycles. The predicted molar refractivity (Wildman–Crippen MR) is 51.7 cm³/mol. The van der Waals surface area contributed by atoms with E-state index >= 15 is 0 Å². The lowest BCUT2D eigenvalue weighted by Crippen LogP contribution is -2.18. The summed E-state index contributed by atoms with van der Waals surface area (Å²) in [4.78, 5) is 22.4. The van der Waals surface area contributed by atoms with Crippen LogP contribution in [0, 0.1) is 0 Å². The summed E-state index contributed by atoms with van der Waals surface area (Å²) in [5.74, 6) is -1.24. The number of rotatable bonds is 1. The summed E-state index contributed by atoms with van der Waals surface area (Å²) in [5, 5.41) is 16.2. The van der Waals surface area contributed by atoms with E-state index in [1.165, 1.54) is 23.2 Å². The predicted octanol–water partition coefficient (Wildman–Crippen LogP) is 0.0267. The zero-order valence-electron chi connectivity index (χ0n) is 7.84. The number of aryl methyl sites for hydroxylation is 1. The standard InChI is InChI=1S/C9H7N3O3/c1-12-4-6(9(14)15)8(13)5-2-10-11-3-7(5)12/h2-4H,1H3,(H,14,15). The van der Waals surface area contributed by atoms with Crippen molar-refractivity contribution in [3.8, 4) is 0 Å². The third-order valence-electron chi connectivity index (χ3n) is 2.13. The van der Waals surface area contributed by atoms with Crippen LogP contribution in [-0.4, -0.2) is 25.8 Å². The van der Waals surface area contributed by atoms with Gasteiger partial charge in [0.2, 0.25) is 5.43 Å². The Kier molecular flexibility index (Phi) is 1.96. The average molecular weight is 205 g/mol. The molecule has 1 N–H and O–H groups in total. The van der Waals surface area contributed by atoms with E-state index in [0.717, 1.165) is 0 Å². The summed E-state index contributed by atoms with van der Waals surface area (Å²) >= 11 is 0. The van der Waals surface area contributed by atoms with Crippen LogP contribution in [0.3, 0.4) is 0 Å². The molecule has 0 fully saturated rings. The van der Waals surface area contributed by atoms with E-state index in [1.54, 1.807) is 7.05 Å². The van der Waals surface area contributed by atoms with Crippen molar-refractivity contribution in [2.75, 3.05) is 0 Å². The highest BCUT2D eigenvalue weighted by molar-refractivity contribution is 5.92. The van der Waals surface area contributed by atoms with Gasteiger partial charge in [-0.1, -0.05) is 0 Å². The zero-order valence-corrected chi connectivity index (χ0v) is 7.84. The molecule has 0 atom stereocenters. The van der Waals surface area contributed by atoms with Crippen LogP contribution in [0.15, 0.2) is 23.4 Å². The van der Waals surface area contributed by atoms with Gasteiger partial charge in [0.25, 0.3) is 0 Å². The summed E-state index contributed by atoms with van der Waals surface area (Å²) in [7, 11) is 1.65. The number of hydrogen-bond acceptors (Lipinski definition) is 4. The van der Waals surface area contributed by atoms with Crippen LogP contribution < -0.4 is 5.43 Å². The molecule has 0 aliphatic carbocycles. The summed E-state index contributed by atoms with van der Waals surface area (Å²) in [6, 6.07) is 0. The molecule has 0 aliphatic rings. The van der Waals surface area contributed by atoms with E-state index in [1.807, 2.05) is 0 Å². The van der Waals surface area contributed by atoms with Gasteiger partial charge in [0.05, 0.1) is 23.3 Å². The monoisotopic (exact) mass is 205 g/mol. The van der Waals surface area contributed by atoms with Gasteiger partial charge in [-0.3, -0.25) is 4.79 Å². The van der Waals surface area contributed by atoms with E-state index in [-0.39, 0.29) is 10.9 Å². The minimum Gasteiger partial charge on any atom is -0.477 e. The van der Waals surface area contributed by atoms with Gasteiger partial charge in [-0.2, -0.15) is 10.2 Å². The van der Waals surface area contributed by atoms with Gasteiger partial charge >= 0.3 is 5.97 Å². The molecular formula is C9H7N3O3. The molecule has 0 spiro atoms. The topological polar surface area (TPSA) is 85.1 Å². The number of carboxylic acid groups (broad SMARTS) is 1. The van der Waals surface area contributed by atoms with Crippen LogP contribution >= 0.6 is 0 Å². The molecule has 0 amide bonds. The Morgan fingerprint density at radius 3 is 2.73 bits per heavy atom. The molecular weight excluding hydrogens is 198 g/mol. The number of carboxylic acids is 1. The Morgan fingerprint density at radius 1 is 1.40 bits per heavy atom. The Balaban J connectivity index is 2.97. The van der Waals surface area contributed by atoms with E-state index in [0.29, 0.717) is 5.52 Å². The van der Waals surface area contributed by atoms with Crippen LogP contribution in [0.2, 0.25) is 0 Å². The van der Waals surface area contributed by atoms with E-state index in [2.05, 4.69) is 10.2 Å². The second-order valence-electron chi connectivity index (χ2n) is 3.08. The van der Waals surface area contributed by atoms with Crippen molar-refractivity contribution in [1.82, 2.24) is 14.8 Å². The van der Waals surface area contributed by atoms with Gasteiger partial charge in [0, 0.05) is 13.2 Å². The molecule has 6 heteroatoms. The number of nitrogens with zero attached hydrogens (tertiary/aromatic N) is 3. The maximum Gasteiger partial charge on any atom is 0.341 e. The fourth-order valence-corrected chi connectivity index (χ4v) is 1.39. The molecule has 0 bridgehead atoms. The molecule has 2 rings (SSSR count). The number of carbonyl (C=O) groups is 1. The van der Waals surface area contributed by atoms with Crippen LogP contribution in [0.5, 0.6) is 0 Å². The van der Waals surface area contributed by atoms with Gasteiger partial charge < -0.3 is 9.67 Å². The smallest absolute Gasteiger partial charge is 0.341 e. The maximum absolute atomic E-state index is 11.7. The van der Waals surface area contributed by atoms with Crippen molar-refractivity contribution in [1.29, 1.82) is 0 Å². The second-order valence-corrected chi connectivity index (χ2v) is 3.08. The highest BCUT2D eigenvalue weighted by atomic mass is 16.4. The number of hydrogen-bond donors (Lipinski definition) is 1. The van der Waals surface area contributed by atoms with Crippen molar-refractivity contribution < 1.29 is 9.90 Å². The van der Waals surface area contributed by atoms with Crippen LogP contribution in [-0.2, 0) is 7.05 Å². The van der Waals surface area contributed by atoms with Crippen molar-refractivity contribution in [3.05, 3.63) is 34.4 Å². The number of fused-ring (bicyclic) bond motifs is 1. The summed E-state index contributed by atoms with van der Waals surface area (Å²) in [6.45, 7) is 0. The van der Waals surface area contributed by atoms with E-state index in [4.69, 9.17) is 5.11 Å². The van der Waals surface area contributed by atoms with Gasteiger partial charge in [-0.15, -0.1) is 0 Å². The summed E-state index contributed by atoms with van der Waals surface area (Å²) in [5.41, 5.74) is -0.247. The molecule has 0 aliphatic heterocycles. The highest BCUT2D eigenvalue weighted by Gasteiger charge is 2.12. The van der Waals surface area contributed by atoms with Crippen LogP contribution in [0.4, 0.5) is 0 Å². The van der Waals surface area contributed by atoms with Gasteiger partial charge in [-0.05, 0) is 0 Å². The zero-order chi connectivity index (χ0) is 11.0. The second kappa shape index (κ2) is 3.16. The van der Waals surface area contributed by atoms with Crippen molar-refractivity contribution in [2.45, 2.75) is 0 Å². The molecule has 6 nitrogen and oxygen atoms in total. The highest BCUT2D eigenvalue weighted by Crippen LogP contribution is 2.07. The minimum absolute atomic E-state index is 0.257. The van der Waals surface area contributed by atoms with Gasteiger partial charge in [-0.25, -0.2) is 4.79 Å².